The van der Waals surface area contributed by atoms with Crippen LogP contribution >= 0.6 is 15.9 Å². The molecule has 2 atom stereocenters. The number of fused-ring (bicyclic) bond motifs is 1. The van der Waals surface area contributed by atoms with Gasteiger partial charge in [0.1, 0.15) is 5.69 Å². The second-order valence-electron chi connectivity index (χ2n) is 6.73. The summed E-state index contributed by atoms with van der Waals surface area (Å²) < 4.78 is 10.7. The predicted molar refractivity (Wildman–Crippen MR) is 105 cm³/mol. The van der Waals surface area contributed by atoms with Gasteiger partial charge in [0.15, 0.2) is 0 Å². The molecule has 1 aromatic heterocycles. The minimum Gasteiger partial charge on any atom is -0.469 e. The van der Waals surface area contributed by atoms with Crippen LogP contribution in [0.2, 0.25) is 0 Å². The predicted octanol–water partition coefficient (Wildman–Crippen LogP) is 3.29. The largest absolute Gasteiger partial charge is 0.469 e. The van der Waals surface area contributed by atoms with E-state index in [4.69, 9.17) is 9.47 Å². The summed E-state index contributed by atoms with van der Waals surface area (Å²) in [5.74, 6) is -2.66. The Balaban J connectivity index is 2.12. The number of aromatic nitrogens is 1. The van der Waals surface area contributed by atoms with Crippen molar-refractivity contribution in [2.45, 2.75) is 26.2 Å². The zero-order chi connectivity index (χ0) is 20.6. The van der Waals surface area contributed by atoms with E-state index >= 15 is 0 Å². The lowest BCUT2D eigenvalue weighted by molar-refractivity contribution is -0.153. The van der Waals surface area contributed by atoms with Gasteiger partial charge in [0.25, 0.3) is 0 Å². The van der Waals surface area contributed by atoms with Gasteiger partial charge < -0.3 is 9.47 Å². The Hall–Kier alpha value is -2.54. The van der Waals surface area contributed by atoms with Gasteiger partial charge in [0.05, 0.1) is 26.1 Å². The van der Waals surface area contributed by atoms with Crippen LogP contribution in [0.3, 0.4) is 0 Å². The second-order valence-corrected chi connectivity index (χ2v) is 7.65. The molecule has 7 heteroatoms. The third-order valence-corrected chi connectivity index (χ3v) is 5.75. The van der Waals surface area contributed by atoms with E-state index in [9.17, 15) is 14.4 Å². The number of nitrogens with zero attached hydrogens (tertiary/aromatic N) is 1. The minimum absolute atomic E-state index is 0.202. The van der Waals surface area contributed by atoms with Crippen molar-refractivity contribution in [1.29, 1.82) is 0 Å². The molecule has 0 N–H and O–H groups in total. The quantitative estimate of drug-likeness (QED) is 0.530. The molecule has 2 unspecified atom stereocenters. The highest BCUT2D eigenvalue weighted by Gasteiger charge is 2.45. The van der Waals surface area contributed by atoms with Crippen LogP contribution in [0.5, 0.6) is 0 Å². The zero-order valence-corrected chi connectivity index (χ0v) is 17.6. The molecule has 0 radical (unpaired) electrons. The fourth-order valence-electron chi connectivity index (χ4n) is 3.83. The number of hydrogen-bond donors (Lipinski definition) is 0. The molecule has 2 aromatic rings. The van der Waals surface area contributed by atoms with Crippen molar-refractivity contribution in [3.05, 3.63) is 62.4 Å². The first kappa shape index (κ1) is 20.2. The monoisotopic (exact) mass is 445 g/mol. The number of pyridine rings is 1. The minimum atomic E-state index is -0.782. The third kappa shape index (κ3) is 3.35. The lowest BCUT2D eigenvalue weighted by Gasteiger charge is -2.17. The molecular formula is C21H20BrNO5. The Morgan fingerprint density at radius 1 is 1.04 bits per heavy atom. The van der Waals surface area contributed by atoms with Gasteiger partial charge in [0, 0.05) is 15.7 Å². The average molecular weight is 446 g/mol. The number of hydrogen-bond acceptors (Lipinski definition) is 6. The van der Waals surface area contributed by atoms with Crippen LogP contribution in [-0.4, -0.2) is 36.9 Å². The number of rotatable bonds is 4. The molecule has 0 bridgehead atoms. The molecule has 0 aliphatic heterocycles. The fraction of sp³-hybridized carbons (Fsp3) is 0.333. The van der Waals surface area contributed by atoms with Gasteiger partial charge in [-0.2, -0.15) is 0 Å². The molecule has 1 aliphatic rings. The number of esters is 2. The first-order valence-electron chi connectivity index (χ1n) is 8.76. The maximum atomic E-state index is 13.0. The molecule has 28 heavy (non-hydrogen) atoms. The van der Waals surface area contributed by atoms with Crippen molar-refractivity contribution < 1.29 is 23.9 Å². The Labute approximate surface area is 171 Å². The van der Waals surface area contributed by atoms with Crippen molar-refractivity contribution in [3.63, 3.8) is 0 Å². The molecule has 0 spiro atoms. The van der Waals surface area contributed by atoms with E-state index in [1.165, 1.54) is 14.2 Å². The molecule has 0 fully saturated rings. The molecule has 146 valence electrons. The van der Waals surface area contributed by atoms with Gasteiger partial charge >= 0.3 is 11.9 Å². The van der Waals surface area contributed by atoms with E-state index in [0.29, 0.717) is 34.5 Å². The van der Waals surface area contributed by atoms with E-state index in [1.54, 1.807) is 38.1 Å². The highest BCUT2D eigenvalue weighted by atomic mass is 79.9. The van der Waals surface area contributed by atoms with Crippen LogP contribution in [-0.2, 0) is 25.5 Å². The maximum Gasteiger partial charge on any atom is 0.314 e. The molecule has 1 aliphatic carbocycles. The van der Waals surface area contributed by atoms with E-state index in [1.807, 2.05) is 0 Å². The Morgan fingerprint density at radius 3 is 2.21 bits per heavy atom. The lowest BCUT2D eigenvalue weighted by atomic mass is 9.91. The number of aryl methyl sites for hydroxylation is 1. The van der Waals surface area contributed by atoms with Crippen LogP contribution in [0, 0.1) is 19.8 Å². The lowest BCUT2D eigenvalue weighted by Crippen LogP contribution is -2.27. The van der Waals surface area contributed by atoms with Crippen LogP contribution in [0.4, 0.5) is 0 Å². The highest BCUT2D eigenvalue weighted by Crippen LogP contribution is 2.43. The summed E-state index contributed by atoms with van der Waals surface area (Å²) in [7, 11) is 2.58. The topological polar surface area (TPSA) is 82.6 Å². The molecule has 0 saturated carbocycles. The highest BCUT2D eigenvalue weighted by molar-refractivity contribution is 9.10. The number of methoxy groups -OCH3 is 2. The van der Waals surface area contributed by atoms with Gasteiger partial charge in [-0.3, -0.25) is 14.4 Å². The molecule has 0 saturated heterocycles. The number of carbonyl (C=O) groups excluding carboxylic acids is 3. The van der Waals surface area contributed by atoms with Crippen LogP contribution in [0.25, 0.3) is 0 Å². The molecule has 3 rings (SSSR count). The molecular weight excluding hydrogens is 426 g/mol. The van der Waals surface area contributed by atoms with Gasteiger partial charge in [-0.25, -0.2) is 4.98 Å². The average Bonchev–Trinajstić information content (AvgIpc) is 3.11. The summed E-state index contributed by atoms with van der Waals surface area (Å²) in [6.07, 6.45) is 0.303. The van der Waals surface area contributed by atoms with Crippen LogP contribution in [0.15, 0.2) is 28.7 Å². The van der Waals surface area contributed by atoms with Gasteiger partial charge in [-0.05, 0) is 61.2 Å². The van der Waals surface area contributed by atoms with Crippen molar-refractivity contribution in [2.24, 2.45) is 5.92 Å². The number of ether oxygens (including phenoxy) is 2. The summed E-state index contributed by atoms with van der Waals surface area (Å²) in [4.78, 5) is 42.2. The van der Waals surface area contributed by atoms with Gasteiger partial charge in [0.2, 0.25) is 5.78 Å². The SMILES string of the molecule is COC(=O)C1Cc2c(C)c(C(=O)c3ccc(Br)cc3)nc(C)c2C1C(=O)OC. The number of halogens is 1. The van der Waals surface area contributed by atoms with Gasteiger partial charge in [-0.1, -0.05) is 15.9 Å². The summed E-state index contributed by atoms with van der Waals surface area (Å²) >= 11 is 3.36. The van der Waals surface area contributed by atoms with Crippen LogP contribution < -0.4 is 0 Å². The summed E-state index contributed by atoms with van der Waals surface area (Å²) in [6, 6.07) is 7.04. The van der Waals surface area contributed by atoms with Crippen molar-refractivity contribution in [1.82, 2.24) is 4.98 Å². The van der Waals surface area contributed by atoms with E-state index < -0.39 is 23.8 Å². The van der Waals surface area contributed by atoms with E-state index in [-0.39, 0.29) is 5.78 Å². The number of ketones is 1. The number of benzene rings is 1. The summed E-state index contributed by atoms with van der Waals surface area (Å²) in [6.45, 7) is 3.54. The molecule has 1 aromatic carbocycles. The summed E-state index contributed by atoms with van der Waals surface area (Å²) in [5.41, 5.74) is 3.51. The smallest absolute Gasteiger partial charge is 0.314 e. The standard InChI is InChI=1S/C21H20BrNO5/c1-10-14-9-15(20(25)27-3)17(21(26)28-4)16(14)11(2)23-18(10)19(24)12-5-7-13(22)8-6-12/h5-8,15,17H,9H2,1-4H3. The summed E-state index contributed by atoms with van der Waals surface area (Å²) in [5, 5.41) is 0. The number of carbonyl (C=O) groups is 3. The van der Waals surface area contributed by atoms with Crippen molar-refractivity contribution in [3.8, 4) is 0 Å². The fourth-order valence-corrected chi connectivity index (χ4v) is 4.09. The zero-order valence-electron chi connectivity index (χ0n) is 16.0. The molecule has 1 heterocycles. The van der Waals surface area contributed by atoms with Gasteiger partial charge in [-0.15, -0.1) is 0 Å². The maximum absolute atomic E-state index is 13.0. The van der Waals surface area contributed by atoms with Crippen molar-refractivity contribution in [2.75, 3.05) is 14.2 Å². The molecule has 6 nitrogen and oxygen atoms in total. The Morgan fingerprint density at radius 2 is 1.64 bits per heavy atom. The first-order chi connectivity index (χ1) is 13.3. The Kier molecular flexibility index (Phi) is 5.65. The normalized spacial score (nSPS) is 17.8. The van der Waals surface area contributed by atoms with E-state index in [2.05, 4.69) is 20.9 Å². The van der Waals surface area contributed by atoms with Crippen LogP contribution in [0.1, 0.15) is 44.4 Å². The molecule has 0 amide bonds. The Bertz CT molecular complexity index is 968. The second kappa shape index (κ2) is 7.83. The van der Waals surface area contributed by atoms with Crippen molar-refractivity contribution >= 4 is 33.7 Å². The first-order valence-corrected chi connectivity index (χ1v) is 9.55. The third-order valence-electron chi connectivity index (χ3n) is 5.22. The van der Waals surface area contributed by atoms with E-state index in [0.717, 1.165) is 10.0 Å².